The van der Waals surface area contributed by atoms with Crippen molar-refractivity contribution in [3.05, 3.63) is 16.1 Å². The number of nitrogens with two attached hydrogens (primary N) is 1. The second kappa shape index (κ2) is 6.48. The van der Waals surface area contributed by atoms with E-state index in [1.54, 1.807) is 11.3 Å². The summed E-state index contributed by atoms with van der Waals surface area (Å²) in [7, 11) is 0. The minimum atomic E-state index is -0.0361. The van der Waals surface area contributed by atoms with Crippen molar-refractivity contribution in [3.8, 4) is 0 Å². The predicted molar refractivity (Wildman–Crippen MR) is 78.0 cm³/mol. The third-order valence-electron chi connectivity index (χ3n) is 3.77. The molecule has 4 nitrogen and oxygen atoms in total. The number of carbonyl (C=O) groups excluding carboxylic acids is 1. The molecule has 1 heterocycles. The lowest BCUT2D eigenvalue weighted by Gasteiger charge is -2.22. The first-order valence-corrected chi connectivity index (χ1v) is 7.94. The van der Waals surface area contributed by atoms with Crippen molar-refractivity contribution in [2.45, 2.75) is 58.0 Å². The van der Waals surface area contributed by atoms with Crippen LogP contribution in [0.3, 0.4) is 0 Å². The van der Waals surface area contributed by atoms with Gasteiger partial charge in [0.2, 0.25) is 5.91 Å². The van der Waals surface area contributed by atoms with Gasteiger partial charge in [0.05, 0.1) is 12.0 Å². The lowest BCUT2D eigenvalue weighted by molar-refractivity contribution is -0.126. The molecule has 0 spiro atoms. The Hall–Kier alpha value is -0.940. The fraction of sp³-hybridized carbons (Fsp3) is 0.714. The zero-order valence-electron chi connectivity index (χ0n) is 11.7. The summed E-state index contributed by atoms with van der Waals surface area (Å²) in [4.78, 5) is 16.8. The first-order chi connectivity index (χ1) is 9.08. The molecule has 1 aliphatic carbocycles. The summed E-state index contributed by atoms with van der Waals surface area (Å²) in [5, 5.41) is 6.04. The maximum atomic E-state index is 12.3. The first kappa shape index (κ1) is 14.5. The molecule has 3 atom stereocenters. The third kappa shape index (κ3) is 3.76. The highest BCUT2D eigenvalue weighted by molar-refractivity contribution is 7.09. The van der Waals surface area contributed by atoms with E-state index in [0.717, 1.165) is 36.4 Å². The topological polar surface area (TPSA) is 68.0 Å². The highest BCUT2D eigenvalue weighted by Crippen LogP contribution is 2.24. The molecule has 1 amide bonds. The Morgan fingerprint density at radius 1 is 1.47 bits per heavy atom. The van der Waals surface area contributed by atoms with E-state index in [1.807, 2.05) is 19.2 Å². The summed E-state index contributed by atoms with van der Waals surface area (Å²) in [5.41, 5.74) is 7.13. The number of rotatable bonds is 3. The van der Waals surface area contributed by atoms with Gasteiger partial charge in [-0.15, -0.1) is 11.3 Å². The van der Waals surface area contributed by atoms with Crippen LogP contribution in [0.5, 0.6) is 0 Å². The minimum Gasteiger partial charge on any atom is -0.347 e. The number of aromatic nitrogens is 1. The Bertz CT molecular complexity index is 432. The lowest BCUT2D eigenvalue weighted by atomic mass is 9.94. The molecule has 1 fully saturated rings. The summed E-state index contributed by atoms with van der Waals surface area (Å²) in [6.07, 6.45) is 5.32. The van der Waals surface area contributed by atoms with Gasteiger partial charge in [0, 0.05) is 17.1 Å². The van der Waals surface area contributed by atoms with E-state index >= 15 is 0 Å². The highest BCUT2D eigenvalue weighted by atomic mass is 32.1. The molecule has 2 rings (SSSR count). The number of aryl methyl sites for hydroxylation is 1. The van der Waals surface area contributed by atoms with E-state index < -0.39 is 0 Å². The minimum absolute atomic E-state index is 0.00716. The molecule has 0 bridgehead atoms. The molecule has 0 saturated heterocycles. The van der Waals surface area contributed by atoms with Gasteiger partial charge in [0.1, 0.15) is 5.01 Å². The van der Waals surface area contributed by atoms with E-state index in [9.17, 15) is 4.79 Å². The average Bonchev–Trinajstić information content (AvgIpc) is 2.68. The second-order valence-corrected chi connectivity index (χ2v) is 6.36. The van der Waals surface area contributed by atoms with Crippen molar-refractivity contribution in [2.75, 3.05) is 0 Å². The predicted octanol–water partition coefficient (Wildman–Crippen LogP) is 2.54. The fourth-order valence-corrected chi connectivity index (χ4v) is 3.42. The maximum absolute atomic E-state index is 12.3. The zero-order chi connectivity index (χ0) is 13.8. The van der Waals surface area contributed by atoms with Crippen molar-refractivity contribution in [1.29, 1.82) is 0 Å². The number of hydrogen-bond acceptors (Lipinski definition) is 4. The smallest absolute Gasteiger partial charge is 0.225 e. The summed E-state index contributed by atoms with van der Waals surface area (Å²) < 4.78 is 0. The molecule has 19 heavy (non-hydrogen) atoms. The van der Waals surface area contributed by atoms with Crippen molar-refractivity contribution in [2.24, 2.45) is 11.7 Å². The van der Waals surface area contributed by atoms with Crippen LogP contribution in [0.1, 0.15) is 55.8 Å². The van der Waals surface area contributed by atoms with Crippen LogP contribution in [0.4, 0.5) is 0 Å². The van der Waals surface area contributed by atoms with Gasteiger partial charge in [0.15, 0.2) is 0 Å². The Balaban J connectivity index is 1.95. The van der Waals surface area contributed by atoms with Crippen molar-refractivity contribution >= 4 is 17.2 Å². The van der Waals surface area contributed by atoms with E-state index in [4.69, 9.17) is 5.73 Å². The van der Waals surface area contributed by atoms with Gasteiger partial charge in [-0.05, 0) is 26.7 Å². The standard InChI is InChI=1S/C14H23N3OS/c1-9-8-19-14(16-9)10(2)17-13(18)11-6-4-3-5-7-12(11)15/h8,10-12H,3-7,15H2,1-2H3,(H,17,18). The summed E-state index contributed by atoms with van der Waals surface area (Å²) in [5.74, 6) is 0.0563. The molecule has 0 aromatic carbocycles. The van der Waals surface area contributed by atoms with E-state index in [1.165, 1.54) is 6.42 Å². The van der Waals surface area contributed by atoms with Gasteiger partial charge < -0.3 is 11.1 Å². The number of hydrogen-bond donors (Lipinski definition) is 2. The SMILES string of the molecule is Cc1csc(C(C)NC(=O)C2CCCCCC2N)n1. The Morgan fingerprint density at radius 2 is 2.21 bits per heavy atom. The largest absolute Gasteiger partial charge is 0.347 e. The quantitative estimate of drug-likeness (QED) is 0.837. The summed E-state index contributed by atoms with van der Waals surface area (Å²) in [6, 6.07) is -0.0191. The van der Waals surface area contributed by atoms with Crippen LogP contribution in [-0.4, -0.2) is 16.9 Å². The zero-order valence-corrected chi connectivity index (χ0v) is 12.5. The van der Waals surface area contributed by atoms with E-state index in [2.05, 4.69) is 10.3 Å². The normalized spacial score (nSPS) is 25.6. The molecule has 106 valence electrons. The average molecular weight is 281 g/mol. The molecule has 1 aromatic rings. The number of nitrogens with one attached hydrogen (secondary N) is 1. The molecular formula is C14H23N3OS. The Kier molecular flexibility index (Phi) is 4.93. The fourth-order valence-electron chi connectivity index (χ4n) is 2.62. The highest BCUT2D eigenvalue weighted by Gasteiger charge is 2.28. The first-order valence-electron chi connectivity index (χ1n) is 7.06. The van der Waals surface area contributed by atoms with Crippen molar-refractivity contribution in [1.82, 2.24) is 10.3 Å². The van der Waals surface area contributed by atoms with Crippen LogP contribution >= 0.6 is 11.3 Å². The lowest BCUT2D eigenvalue weighted by Crippen LogP contribution is -2.42. The van der Waals surface area contributed by atoms with Gasteiger partial charge in [-0.25, -0.2) is 4.98 Å². The number of thiazole rings is 1. The van der Waals surface area contributed by atoms with Gasteiger partial charge in [-0.1, -0.05) is 19.3 Å². The molecule has 0 radical (unpaired) electrons. The molecular weight excluding hydrogens is 258 g/mol. The Morgan fingerprint density at radius 3 is 2.89 bits per heavy atom. The van der Waals surface area contributed by atoms with Gasteiger partial charge in [-0.2, -0.15) is 0 Å². The molecule has 5 heteroatoms. The number of nitrogens with zero attached hydrogens (tertiary/aromatic N) is 1. The van der Waals surface area contributed by atoms with Gasteiger partial charge in [0.25, 0.3) is 0 Å². The van der Waals surface area contributed by atoms with Crippen molar-refractivity contribution in [3.63, 3.8) is 0 Å². The number of carbonyl (C=O) groups is 1. The third-order valence-corrected chi connectivity index (χ3v) is 4.92. The van der Waals surface area contributed by atoms with Crippen LogP contribution in [-0.2, 0) is 4.79 Å². The van der Waals surface area contributed by atoms with E-state index in [0.29, 0.717) is 0 Å². The maximum Gasteiger partial charge on any atom is 0.225 e. The molecule has 1 aliphatic rings. The van der Waals surface area contributed by atoms with Crippen LogP contribution in [0.2, 0.25) is 0 Å². The number of amides is 1. The monoisotopic (exact) mass is 281 g/mol. The molecule has 3 N–H and O–H groups in total. The van der Waals surface area contributed by atoms with Gasteiger partial charge in [-0.3, -0.25) is 4.79 Å². The molecule has 1 saturated carbocycles. The van der Waals surface area contributed by atoms with Gasteiger partial charge >= 0.3 is 0 Å². The van der Waals surface area contributed by atoms with Crippen LogP contribution in [0.15, 0.2) is 5.38 Å². The molecule has 0 aliphatic heterocycles. The van der Waals surface area contributed by atoms with Crippen molar-refractivity contribution < 1.29 is 4.79 Å². The summed E-state index contributed by atoms with van der Waals surface area (Å²) in [6.45, 7) is 3.95. The molecule has 1 aromatic heterocycles. The van der Waals surface area contributed by atoms with Crippen LogP contribution < -0.4 is 11.1 Å². The Labute approximate surface area is 118 Å². The van der Waals surface area contributed by atoms with Crippen LogP contribution in [0, 0.1) is 12.8 Å². The molecule has 3 unspecified atom stereocenters. The van der Waals surface area contributed by atoms with E-state index in [-0.39, 0.29) is 23.9 Å². The summed E-state index contributed by atoms with van der Waals surface area (Å²) >= 11 is 1.59. The second-order valence-electron chi connectivity index (χ2n) is 5.47. The van der Waals surface area contributed by atoms with Crippen LogP contribution in [0.25, 0.3) is 0 Å².